The summed E-state index contributed by atoms with van der Waals surface area (Å²) in [6, 6.07) is 0. The van der Waals surface area contributed by atoms with Crippen LogP contribution in [0.15, 0.2) is 6.33 Å². The molecule has 2 aromatic rings. The molecule has 0 radical (unpaired) electrons. The molecule has 1 unspecified atom stereocenters. The first-order valence-corrected chi connectivity index (χ1v) is 16.0. The first-order valence-electron chi connectivity index (χ1n) is 16.0. The minimum atomic E-state index is -1.68. The number of hydrogen-bond donors (Lipinski definition) is 2. The van der Waals surface area contributed by atoms with Gasteiger partial charge in [-0.15, -0.1) is 6.42 Å². The third-order valence-electron chi connectivity index (χ3n) is 7.90. The van der Waals surface area contributed by atoms with Gasteiger partial charge in [0, 0.05) is 7.11 Å². The Morgan fingerprint density at radius 3 is 2.02 bits per heavy atom. The molecule has 0 saturated carbocycles. The fraction of sp³-hybridized carbons (Fsp3) is 0.750. The van der Waals surface area contributed by atoms with Crippen molar-refractivity contribution < 1.29 is 28.5 Å². The summed E-state index contributed by atoms with van der Waals surface area (Å²) in [7, 11) is 1.29. The number of nitrogens with two attached hydrogens (primary N) is 1. The second-order valence-electron chi connectivity index (χ2n) is 11.2. The van der Waals surface area contributed by atoms with Crippen molar-refractivity contribution in [2.24, 2.45) is 0 Å². The molecular formula is C32H52FN5O5. The van der Waals surface area contributed by atoms with Crippen molar-refractivity contribution in [2.45, 2.75) is 134 Å². The van der Waals surface area contributed by atoms with Gasteiger partial charge < -0.3 is 29.6 Å². The van der Waals surface area contributed by atoms with Crippen molar-refractivity contribution in [1.29, 1.82) is 0 Å². The Hall–Kier alpha value is -2.97. The van der Waals surface area contributed by atoms with Crippen LogP contribution in [-0.4, -0.2) is 62.8 Å². The molecular weight excluding hydrogens is 553 g/mol. The number of rotatable bonds is 24. The number of unbranched alkanes of at least 4 members (excludes halogenated alkanes) is 16. The van der Waals surface area contributed by atoms with E-state index < -0.39 is 30.5 Å². The van der Waals surface area contributed by atoms with E-state index in [2.05, 4.69) is 27.8 Å². The number of carbonyl (C=O) groups excluding carboxylic acids is 1. The lowest BCUT2D eigenvalue weighted by Crippen LogP contribution is -2.50. The Labute approximate surface area is 256 Å². The smallest absolute Gasteiger partial charge is 0.434 e. The number of imidazole rings is 1. The minimum absolute atomic E-state index is 0.0791. The molecule has 3 N–H and O–H groups in total. The minimum Gasteiger partial charge on any atom is -0.434 e. The third-order valence-corrected chi connectivity index (χ3v) is 7.90. The summed E-state index contributed by atoms with van der Waals surface area (Å²) < 4.78 is 31.3. The van der Waals surface area contributed by atoms with E-state index in [4.69, 9.17) is 26.4 Å². The standard InChI is InChI=1S/C32H52FN5O5/c1-4-6-7-8-9-10-11-12-13-14-15-16-17-18-19-20-21-22-42-31(40)43-26(32(5-2,24-39)41-3)23-38-25-35-27-28(34)36-30(33)37-29(27)38/h2,25-26,39H,4,6-24H2,1,3H3,(H2,34,36,37)/t26-,32?/m0/s1. The second-order valence-corrected chi connectivity index (χ2v) is 11.2. The number of carbonyl (C=O) groups is 1. The van der Waals surface area contributed by atoms with Crippen LogP contribution in [0.4, 0.5) is 15.0 Å². The lowest BCUT2D eigenvalue weighted by molar-refractivity contribution is -0.110. The van der Waals surface area contributed by atoms with Crippen LogP contribution in [0.25, 0.3) is 11.2 Å². The van der Waals surface area contributed by atoms with Crippen molar-refractivity contribution in [3.05, 3.63) is 12.4 Å². The average molecular weight is 606 g/mol. The van der Waals surface area contributed by atoms with Crippen LogP contribution in [0.2, 0.25) is 0 Å². The fourth-order valence-corrected chi connectivity index (χ4v) is 5.16. The highest BCUT2D eigenvalue weighted by Gasteiger charge is 2.41. The van der Waals surface area contributed by atoms with Gasteiger partial charge in [0.25, 0.3) is 0 Å². The Kier molecular flexibility index (Phi) is 17.6. The Bertz CT molecular complexity index is 1100. The van der Waals surface area contributed by atoms with Crippen LogP contribution < -0.4 is 5.73 Å². The van der Waals surface area contributed by atoms with E-state index in [1.54, 1.807) is 0 Å². The van der Waals surface area contributed by atoms with E-state index in [0.29, 0.717) is 6.42 Å². The highest BCUT2D eigenvalue weighted by molar-refractivity contribution is 5.81. The third kappa shape index (κ3) is 12.7. The molecule has 2 atom stereocenters. The predicted octanol–water partition coefficient (Wildman–Crippen LogP) is 6.73. The van der Waals surface area contributed by atoms with Gasteiger partial charge in [0.05, 0.1) is 26.1 Å². The van der Waals surface area contributed by atoms with Crippen LogP contribution in [0, 0.1) is 18.4 Å². The molecule has 2 aromatic heterocycles. The maximum absolute atomic E-state index is 13.8. The van der Waals surface area contributed by atoms with Gasteiger partial charge in [0.1, 0.15) is 5.52 Å². The summed E-state index contributed by atoms with van der Waals surface area (Å²) in [6.45, 7) is 1.66. The summed E-state index contributed by atoms with van der Waals surface area (Å²) in [5.41, 5.74) is 4.31. The Morgan fingerprint density at radius 1 is 1.00 bits per heavy atom. The van der Waals surface area contributed by atoms with E-state index in [9.17, 15) is 14.3 Å². The molecule has 242 valence electrons. The topological polar surface area (TPSA) is 135 Å². The Balaban J connectivity index is 1.64. The number of anilines is 1. The number of hydrogen-bond acceptors (Lipinski definition) is 9. The quantitative estimate of drug-likeness (QED) is 0.0578. The number of nitrogen functional groups attached to an aromatic ring is 1. The second kappa shape index (κ2) is 20.9. The van der Waals surface area contributed by atoms with E-state index in [-0.39, 0.29) is 30.1 Å². The van der Waals surface area contributed by atoms with Crippen molar-refractivity contribution in [1.82, 2.24) is 19.5 Å². The number of fused-ring (bicyclic) bond motifs is 1. The molecule has 11 heteroatoms. The molecule has 0 aliphatic heterocycles. The zero-order valence-corrected chi connectivity index (χ0v) is 26.2. The van der Waals surface area contributed by atoms with E-state index >= 15 is 0 Å². The van der Waals surface area contributed by atoms with Gasteiger partial charge in [-0.05, 0) is 6.42 Å². The lowest BCUT2D eigenvalue weighted by Gasteiger charge is -2.33. The summed E-state index contributed by atoms with van der Waals surface area (Å²) in [6.07, 6.45) is 25.3. The van der Waals surface area contributed by atoms with Crippen molar-refractivity contribution in [3.63, 3.8) is 0 Å². The molecule has 0 aromatic carbocycles. The van der Waals surface area contributed by atoms with Gasteiger partial charge in [-0.2, -0.15) is 14.4 Å². The predicted molar refractivity (Wildman–Crippen MR) is 166 cm³/mol. The molecule has 10 nitrogen and oxygen atoms in total. The first-order chi connectivity index (χ1) is 20.9. The molecule has 2 rings (SSSR count). The van der Waals surface area contributed by atoms with Crippen molar-refractivity contribution in [3.8, 4) is 12.3 Å². The number of terminal acetylenes is 1. The number of aromatic nitrogens is 4. The fourth-order valence-electron chi connectivity index (χ4n) is 5.16. The number of aliphatic hydroxyl groups is 1. The monoisotopic (exact) mass is 605 g/mol. The molecule has 43 heavy (non-hydrogen) atoms. The van der Waals surface area contributed by atoms with Crippen LogP contribution in [0.5, 0.6) is 0 Å². The summed E-state index contributed by atoms with van der Waals surface area (Å²) in [5, 5.41) is 10.00. The van der Waals surface area contributed by atoms with Gasteiger partial charge in [-0.1, -0.05) is 116 Å². The van der Waals surface area contributed by atoms with Gasteiger partial charge in [0.2, 0.25) is 0 Å². The van der Waals surface area contributed by atoms with Crippen LogP contribution in [0.3, 0.4) is 0 Å². The highest BCUT2D eigenvalue weighted by Crippen LogP contribution is 2.23. The first kappa shape index (κ1) is 36.2. The van der Waals surface area contributed by atoms with Gasteiger partial charge in [-0.25, -0.2) is 9.78 Å². The molecule has 0 fully saturated rings. The maximum Gasteiger partial charge on any atom is 0.508 e. The molecule has 0 aliphatic rings. The largest absolute Gasteiger partial charge is 0.508 e. The number of aliphatic hydroxyl groups excluding tert-OH is 1. The zero-order chi connectivity index (χ0) is 31.3. The summed E-state index contributed by atoms with van der Waals surface area (Å²) in [5.74, 6) is 2.23. The van der Waals surface area contributed by atoms with E-state index in [1.807, 2.05) is 0 Å². The van der Waals surface area contributed by atoms with Crippen LogP contribution in [-0.2, 0) is 20.8 Å². The van der Waals surface area contributed by atoms with Gasteiger partial charge in [-0.3, -0.25) is 0 Å². The summed E-state index contributed by atoms with van der Waals surface area (Å²) in [4.78, 5) is 23.8. The lowest BCUT2D eigenvalue weighted by atomic mass is 9.98. The number of nitrogens with zero attached hydrogens (tertiary/aromatic N) is 4. The zero-order valence-electron chi connectivity index (χ0n) is 26.2. The van der Waals surface area contributed by atoms with Crippen LogP contribution >= 0.6 is 0 Å². The molecule has 0 aliphatic carbocycles. The van der Waals surface area contributed by atoms with Crippen molar-refractivity contribution >= 4 is 23.1 Å². The SMILES string of the molecule is C#CC(CO)(OC)[C@H](Cn1cnc2c(N)nc(F)nc21)OC(=O)OCCCCCCCCCCCCCCCCCCC. The summed E-state index contributed by atoms with van der Waals surface area (Å²) >= 11 is 0. The van der Waals surface area contributed by atoms with E-state index in [1.165, 1.54) is 108 Å². The van der Waals surface area contributed by atoms with E-state index in [0.717, 1.165) is 12.8 Å². The van der Waals surface area contributed by atoms with Crippen molar-refractivity contribution in [2.75, 3.05) is 26.1 Å². The number of methoxy groups -OCH3 is 1. The normalized spacial score (nSPS) is 13.5. The number of halogens is 1. The highest BCUT2D eigenvalue weighted by atomic mass is 19.1. The van der Waals surface area contributed by atoms with Gasteiger partial charge >= 0.3 is 12.2 Å². The molecule has 0 bridgehead atoms. The maximum atomic E-state index is 13.8. The number of ether oxygens (including phenoxy) is 3. The average Bonchev–Trinajstić information content (AvgIpc) is 3.40. The van der Waals surface area contributed by atoms with Crippen LogP contribution in [0.1, 0.15) is 116 Å². The molecule has 2 heterocycles. The van der Waals surface area contributed by atoms with Gasteiger partial charge in [0.15, 0.2) is 23.2 Å². The Morgan fingerprint density at radius 2 is 1.53 bits per heavy atom. The molecule has 0 saturated heterocycles. The molecule has 0 spiro atoms. The molecule has 0 amide bonds.